The third-order valence-electron chi connectivity index (χ3n) is 1.60. The lowest BCUT2D eigenvalue weighted by Crippen LogP contribution is -2.12. The summed E-state index contributed by atoms with van der Waals surface area (Å²) in [7, 11) is 0. The molecule has 2 nitrogen and oxygen atoms in total. The number of halogens is 1. The van der Waals surface area contributed by atoms with Gasteiger partial charge in [-0.05, 0) is 42.5 Å². The second-order valence-corrected chi connectivity index (χ2v) is 3.54. The third kappa shape index (κ3) is 1.42. The molecule has 0 saturated carbocycles. The molecule has 0 aromatic heterocycles. The van der Waals surface area contributed by atoms with Crippen LogP contribution in [0, 0.1) is 0 Å². The average molecular weight is 262 g/mol. The van der Waals surface area contributed by atoms with E-state index in [1.54, 1.807) is 13.8 Å². The summed E-state index contributed by atoms with van der Waals surface area (Å²) >= 11 is 1.91. The Morgan fingerprint density at radius 3 is 2.36 bits per heavy atom. The monoisotopic (exact) mass is 262 g/mol. The Morgan fingerprint density at radius 2 is 1.82 bits per heavy atom. The molecule has 0 saturated heterocycles. The van der Waals surface area contributed by atoms with Gasteiger partial charge in [-0.1, -0.05) is 0 Å². The van der Waals surface area contributed by atoms with Gasteiger partial charge in [0.05, 0.1) is 3.58 Å². The minimum atomic E-state index is -0.0495. The van der Waals surface area contributed by atoms with Gasteiger partial charge in [0.1, 0.15) is 0 Å². The van der Waals surface area contributed by atoms with Gasteiger partial charge < -0.3 is 0 Å². The Morgan fingerprint density at radius 1 is 1.27 bits per heavy atom. The molecule has 0 heterocycles. The molecule has 0 unspecified atom stereocenters. The van der Waals surface area contributed by atoms with Crippen molar-refractivity contribution in [1.82, 2.24) is 0 Å². The number of allylic oxidation sites excluding steroid dienone is 4. The minimum absolute atomic E-state index is 0.0253. The Bertz CT molecular complexity index is 297. The predicted molar refractivity (Wildman–Crippen MR) is 50.5 cm³/mol. The van der Waals surface area contributed by atoms with E-state index in [1.807, 2.05) is 22.6 Å². The van der Waals surface area contributed by atoms with E-state index in [9.17, 15) is 9.59 Å². The van der Waals surface area contributed by atoms with Crippen molar-refractivity contribution in [3.05, 3.63) is 20.8 Å². The number of carbonyl (C=O) groups is 2. The summed E-state index contributed by atoms with van der Waals surface area (Å²) in [5.74, 6) is -0.0748. The van der Waals surface area contributed by atoms with Crippen LogP contribution in [0.3, 0.4) is 0 Å². The molecule has 0 radical (unpaired) electrons. The maximum atomic E-state index is 11.2. The molecule has 0 N–H and O–H groups in total. The molecule has 11 heavy (non-hydrogen) atoms. The van der Waals surface area contributed by atoms with Gasteiger partial charge in [-0.3, -0.25) is 9.59 Å². The largest absolute Gasteiger partial charge is 0.290 e. The van der Waals surface area contributed by atoms with E-state index in [0.29, 0.717) is 14.7 Å². The van der Waals surface area contributed by atoms with E-state index in [4.69, 9.17) is 0 Å². The van der Waals surface area contributed by atoms with E-state index in [2.05, 4.69) is 0 Å². The normalized spacial score (nSPS) is 19.0. The summed E-state index contributed by atoms with van der Waals surface area (Å²) in [5.41, 5.74) is 1.09. The number of Topliss-reactive ketones (excluding diaryl/α,β-unsaturated/α-hetero) is 1. The summed E-state index contributed by atoms with van der Waals surface area (Å²) in [5, 5.41) is 0. The van der Waals surface area contributed by atoms with Crippen LogP contribution in [0.1, 0.15) is 13.8 Å². The van der Waals surface area contributed by atoms with Gasteiger partial charge in [0.2, 0.25) is 0 Å². The Hall–Kier alpha value is -0.450. The SMILES string of the molecule is CC1=CC(=O)C(C)=C(I)C1=O. The van der Waals surface area contributed by atoms with Crippen LogP contribution in [-0.4, -0.2) is 11.6 Å². The van der Waals surface area contributed by atoms with Gasteiger partial charge in [0.15, 0.2) is 11.6 Å². The smallest absolute Gasteiger partial charge is 0.195 e. The van der Waals surface area contributed by atoms with Crippen molar-refractivity contribution in [1.29, 1.82) is 0 Å². The van der Waals surface area contributed by atoms with Crippen LogP contribution in [0.4, 0.5) is 0 Å². The number of hydrogen-bond acceptors (Lipinski definition) is 2. The molecule has 0 aromatic rings. The van der Waals surface area contributed by atoms with Crippen molar-refractivity contribution >= 4 is 34.2 Å². The molecule has 0 aromatic carbocycles. The molecule has 3 heteroatoms. The first-order valence-electron chi connectivity index (χ1n) is 3.17. The summed E-state index contributed by atoms with van der Waals surface area (Å²) in [4.78, 5) is 22.3. The second-order valence-electron chi connectivity index (χ2n) is 2.46. The van der Waals surface area contributed by atoms with Crippen molar-refractivity contribution in [3.8, 4) is 0 Å². The van der Waals surface area contributed by atoms with Gasteiger partial charge >= 0.3 is 0 Å². The molecule has 1 aliphatic carbocycles. The van der Waals surface area contributed by atoms with Crippen LogP contribution in [0.25, 0.3) is 0 Å². The van der Waals surface area contributed by atoms with Crippen molar-refractivity contribution in [2.45, 2.75) is 13.8 Å². The standard InChI is InChI=1S/C8H7IO2/c1-4-3-6(10)5(2)7(9)8(4)11/h3H,1-2H3. The average Bonchev–Trinajstić information content (AvgIpc) is 1.97. The Balaban J connectivity index is 3.19. The van der Waals surface area contributed by atoms with E-state index < -0.39 is 0 Å². The quantitative estimate of drug-likeness (QED) is 0.492. The summed E-state index contributed by atoms with van der Waals surface area (Å²) in [6, 6.07) is 0. The number of ketones is 2. The van der Waals surface area contributed by atoms with Gasteiger partial charge in [0.25, 0.3) is 0 Å². The lowest BCUT2D eigenvalue weighted by atomic mass is 10.00. The fraction of sp³-hybridized carbons (Fsp3) is 0.250. The van der Waals surface area contributed by atoms with Crippen LogP contribution in [0.5, 0.6) is 0 Å². The fourth-order valence-electron chi connectivity index (χ4n) is 0.822. The van der Waals surface area contributed by atoms with Crippen LogP contribution in [0.2, 0.25) is 0 Å². The molecule has 1 aliphatic rings. The van der Waals surface area contributed by atoms with Gasteiger partial charge in [0, 0.05) is 11.1 Å². The molecular weight excluding hydrogens is 255 g/mol. The molecule has 0 atom stereocenters. The van der Waals surface area contributed by atoms with E-state index in [1.165, 1.54) is 6.08 Å². The van der Waals surface area contributed by atoms with Crippen LogP contribution >= 0.6 is 22.6 Å². The highest BCUT2D eigenvalue weighted by atomic mass is 127. The molecule has 0 bridgehead atoms. The zero-order valence-corrected chi connectivity index (χ0v) is 8.43. The lowest BCUT2D eigenvalue weighted by molar-refractivity contribution is -0.115. The maximum Gasteiger partial charge on any atom is 0.195 e. The number of hydrogen-bond donors (Lipinski definition) is 0. The van der Waals surface area contributed by atoms with Crippen molar-refractivity contribution in [2.24, 2.45) is 0 Å². The van der Waals surface area contributed by atoms with Crippen molar-refractivity contribution in [2.75, 3.05) is 0 Å². The van der Waals surface area contributed by atoms with Crippen molar-refractivity contribution < 1.29 is 9.59 Å². The van der Waals surface area contributed by atoms with Crippen LogP contribution in [-0.2, 0) is 9.59 Å². The minimum Gasteiger partial charge on any atom is -0.290 e. The molecule has 0 amide bonds. The third-order valence-corrected chi connectivity index (χ3v) is 2.90. The zero-order chi connectivity index (χ0) is 8.59. The topological polar surface area (TPSA) is 34.1 Å². The highest BCUT2D eigenvalue weighted by Crippen LogP contribution is 2.23. The summed E-state index contributed by atoms with van der Waals surface area (Å²) in [6.07, 6.45) is 1.39. The fourth-order valence-corrected chi connectivity index (χ4v) is 1.51. The van der Waals surface area contributed by atoms with E-state index >= 15 is 0 Å². The van der Waals surface area contributed by atoms with Crippen LogP contribution in [0.15, 0.2) is 20.8 Å². The first-order valence-corrected chi connectivity index (χ1v) is 4.25. The summed E-state index contributed by atoms with van der Waals surface area (Å²) in [6.45, 7) is 3.33. The number of rotatable bonds is 0. The van der Waals surface area contributed by atoms with Gasteiger partial charge in [-0.2, -0.15) is 0 Å². The highest BCUT2D eigenvalue weighted by Gasteiger charge is 2.20. The summed E-state index contributed by atoms with van der Waals surface area (Å²) < 4.78 is 0.549. The molecule has 0 aliphatic heterocycles. The second kappa shape index (κ2) is 2.89. The first-order chi connectivity index (χ1) is 5.04. The lowest BCUT2D eigenvalue weighted by Gasteiger charge is -2.08. The maximum absolute atomic E-state index is 11.2. The molecule has 1 rings (SSSR count). The van der Waals surface area contributed by atoms with Crippen molar-refractivity contribution in [3.63, 3.8) is 0 Å². The van der Waals surface area contributed by atoms with Crippen LogP contribution < -0.4 is 0 Å². The highest BCUT2D eigenvalue weighted by molar-refractivity contribution is 14.1. The zero-order valence-electron chi connectivity index (χ0n) is 6.27. The van der Waals surface area contributed by atoms with Gasteiger partial charge in [-0.25, -0.2) is 0 Å². The molecule has 58 valence electrons. The Labute approximate surface area is 78.5 Å². The Kier molecular flexibility index (Phi) is 2.27. The van der Waals surface area contributed by atoms with Gasteiger partial charge in [-0.15, -0.1) is 0 Å². The molecule has 0 fully saturated rings. The molecular formula is C8H7IO2. The first kappa shape index (κ1) is 8.64. The van der Waals surface area contributed by atoms with E-state index in [0.717, 1.165) is 0 Å². The predicted octanol–water partition coefficient (Wildman–Crippen LogP) is 1.79. The molecule has 0 spiro atoms. The number of carbonyl (C=O) groups excluding carboxylic acids is 2. The van der Waals surface area contributed by atoms with E-state index in [-0.39, 0.29) is 11.6 Å².